The molecule has 3 amide bonds. The molecule has 2 N–H and O–H groups in total. The molecule has 3 fully saturated rings. The van der Waals surface area contributed by atoms with E-state index in [9.17, 15) is 9.59 Å². The van der Waals surface area contributed by atoms with Gasteiger partial charge in [0.05, 0.1) is 0 Å². The fourth-order valence-electron chi connectivity index (χ4n) is 5.33. The molecule has 27 heavy (non-hydrogen) atoms. The van der Waals surface area contributed by atoms with Crippen LogP contribution in [0.3, 0.4) is 0 Å². The Bertz CT molecular complexity index is 482. The average Bonchev–Trinajstić information content (AvgIpc) is 2.73. The minimum atomic E-state index is 0.0709. The second-order valence-corrected chi connectivity index (χ2v) is 9.00. The maximum Gasteiger partial charge on any atom is 0.317 e. The minimum absolute atomic E-state index is 0.0709. The molecular weight excluding hydrogens is 338 g/mol. The van der Waals surface area contributed by atoms with Crippen LogP contribution in [0.15, 0.2) is 0 Å². The molecule has 2 aliphatic carbocycles. The molecule has 2 saturated carbocycles. The largest absolute Gasteiger partial charge is 0.353 e. The van der Waals surface area contributed by atoms with Gasteiger partial charge in [0.1, 0.15) is 0 Å². The van der Waals surface area contributed by atoms with Gasteiger partial charge in [-0.05, 0) is 43.9 Å². The van der Waals surface area contributed by atoms with Gasteiger partial charge < -0.3 is 15.5 Å². The predicted molar refractivity (Wildman–Crippen MR) is 108 cm³/mol. The van der Waals surface area contributed by atoms with Crippen molar-refractivity contribution in [2.45, 2.75) is 90.0 Å². The molecule has 154 valence electrons. The lowest BCUT2D eigenvalue weighted by Crippen LogP contribution is -2.49. The number of carbonyl (C=O) groups excluding carboxylic acids is 2. The summed E-state index contributed by atoms with van der Waals surface area (Å²) in [6.07, 6.45) is 14.1. The topological polar surface area (TPSA) is 61.4 Å². The summed E-state index contributed by atoms with van der Waals surface area (Å²) in [7, 11) is 0. The van der Waals surface area contributed by atoms with Gasteiger partial charge in [0, 0.05) is 31.6 Å². The number of carbonyl (C=O) groups is 2. The lowest BCUT2D eigenvalue weighted by molar-refractivity contribution is -0.127. The quantitative estimate of drug-likeness (QED) is 0.758. The Morgan fingerprint density at radius 1 is 0.852 bits per heavy atom. The lowest BCUT2D eigenvalue weighted by Gasteiger charge is -2.34. The zero-order valence-electron chi connectivity index (χ0n) is 17.2. The molecule has 0 aromatic carbocycles. The lowest BCUT2D eigenvalue weighted by atomic mass is 9.78. The molecule has 0 aromatic rings. The Morgan fingerprint density at radius 3 is 2.15 bits per heavy atom. The van der Waals surface area contributed by atoms with E-state index in [1.165, 1.54) is 51.4 Å². The fourth-order valence-corrected chi connectivity index (χ4v) is 5.33. The van der Waals surface area contributed by atoms with Gasteiger partial charge in [-0.15, -0.1) is 0 Å². The summed E-state index contributed by atoms with van der Waals surface area (Å²) in [5, 5.41) is 6.44. The van der Waals surface area contributed by atoms with E-state index in [-0.39, 0.29) is 17.9 Å². The van der Waals surface area contributed by atoms with Crippen LogP contribution in [0, 0.1) is 17.8 Å². The van der Waals surface area contributed by atoms with Gasteiger partial charge in [-0.1, -0.05) is 51.9 Å². The smallest absolute Gasteiger partial charge is 0.317 e. The maximum atomic E-state index is 12.5. The van der Waals surface area contributed by atoms with Crippen LogP contribution in [0.4, 0.5) is 4.79 Å². The molecule has 5 heteroatoms. The average molecular weight is 378 g/mol. The molecule has 0 aromatic heterocycles. The van der Waals surface area contributed by atoms with Crippen LogP contribution in [0.25, 0.3) is 0 Å². The Labute approximate surface area is 165 Å². The van der Waals surface area contributed by atoms with Crippen molar-refractivity contribution in [3.63, 3.8) is 0 Å². The number of rotatable bonds is 5. The molecule has 3 rings (SSSR count). The third-order valence-corrected chi connectivity index (χ3v) is 7.21. The van der Waals surface area contributed by atoms with Crippen molar-refractivity contribution in [2.75, 3.05) is 19.6 Å². The first-order valence-electron chi connectivity index (χ1n) is 11.5. The van der Waals surface area contributed by atoms with Crippen LogP contribution in [0.5, 0.6) is 0 Å². The van der Waals surface area contributed by atoms with Crippen molar-refractivity contribution in [1.29, 1.82) is 0 Å². The van der Waals surface area contributed by atoms with Crippen LogP contribution in [0.2, 0.25) is 0 Å². The highest BCUT2D eigenvalue weighted by Crippen LogP contribution is 2.31. The molecule has 2 atom stereocenters. The summed E-state index contributed by atoms with van der Waals surface area (Å²) >= 11 is 0. The van der Waals surface area contributed by atoms with Crippen LogP contribution in [-0.2, 0) is 4.79 Å². The van der Waals surface area contributed by atoms with Crippen molar-refractivity contribution >= 4 is 11.9 Å². The Morgan fingerprint density at radius 2 is 1.48 bits per heavy atom. The van der Waals surface area contributed by atoms with E-state index in [0.717, 1.165) is 38.1 Å². The Balaban J connectivity index is 1.36. The summed E-state index contributed by atoms with van der Waals surface area (Å²) in [5.74, 6) is 1.72. The highest BCUT2D eigenvalue weighted by molar-refractivity contribution is 5.80. The highest BCUT2D eigenvalue weighted by atomic mass is 16.2. The zero-order valence-corrected chi connectivity index (χ0v) is 17.2. The molecule has 1 heterocycles. The second kappa shape index (κ2) is 10.3. The summed E-state index contributed by atoms with van der Waals surface area (Å²) in [6, 6.07) is 0.455. The van der Waals surface area contributed by atoms with Crippen LogP contribution < -0.4 is 10.6 Å². The van der Waals surface area contributed by atoms with E-state index < -0.39 is 0 Å². The normalized spacial score (nSPS) is 28.0. The summed E-state index contributed by atoms with van der Waals surface area (Å²) in [5.41, 5.74) is 0. The van der Waals surface area contributed by atoms with E-state index >= 15 is 0 Å². The van der Waals surface area contributed by atoms with Crippen molar-refractivity contribution in [1.82, 2.24) is 15.5 Å². The number of piperidine rings is 1. The van der Waals surface area contributed by atoms with Gasteiger partial charge in [0.25, 0.3) is 0 Å². The van der Waals surface area contributed by atoms with Gasteiger partial charge >= 0.3 is 6.03 Å². The van der Waals surface area contributed by atoms with Crippen molar-refractivity contribution < 1.29 is 9.59 Å². The SMILES string of the molecule is CCC1CCCCC1CNC(=O)N1CCC(C(=O)NC2CCCCC2)CC1. The third-order valence-electron chi connectivity index (χ3n) is 7.21. The van der Waals surface area contributed by atoms with Gasteiger partial charge in [-0.3, -0.25) is 4.79 Å². The number of nitrogens with one attached hydrogen (secondary N) is 2. The number of likely N-dealkylation sites (tertiary alicyclic amines) is 1. The number of nitrogens with zero attached hydrogens (tertiary/aromatic N) is 1. The van der Waals surface area contributed by atoms with E-state index in [1.54, 1.807) is 0 Å². The second-order valence-electron chi connectivity index (χ2n) is 9.00. The van der Waals surface area contributed by atoms with Crippen molar-refractivity contribution in [3.8, 4) is 0 Å². The summed E-state index contributed by atoms with van der Waals surface area (Å²) in [4.78, 5) is 27.0. The van der Waals surface area contributed by atoms with E-state index in [1.807, 2.05) is 4.90 Å². The third kappa shape index (κ3) is 5.86. The molecule has 0 spiro atoms. The number of urea groups is 1. The molecule has 0 bridgehead atoms. The molecule has 2 unspecified atom stereocenters. The van der Waals surface area contributed by atoms with Crippen LogP contribution >= 0.6 is 0 Å². The van der Waals surface area contributed by atoms with E-state index in [4.69, 9.17) is 0 Å². The number of hydrogen-bond acceptors (Lipinski definition) is 2. The van der Waals surface area contributed by atoms with Gasteiger partial charge in [-0.25, -0.2) is 4.79 Å². The first-order valence-corrected chi connectivity index (χ1v) is 11.5. The summed E-state index contributed by atoms with van der Waals surface area (Å²) < 4.78 is 0. The monoisotopic (exact) mass is 377 g/mol. The minimum Gasteiger partial charge on any atom is -0.353 e. The first kappa shape index (κ1) is 20.5. The molecular formula is C22H39N3O2. The highest BCUT2D eigenvalue weighted by Gasteiger charge is 2.30. The van der Waals surface area contributed by atoms with Gasteiger partial charge in [-0.2, -0.15) is 0 Å². The number of amides is 3. The molecule has 1 saturated heterocycles. The number of hydrogen-bond donors (Lipinski definition) is 2. The standard InChI is InChI=1S/C22H39N3O2/c1-2-17-8-6-7-9-19(17)16-23-22(27)25-14-12-18(13-15-25)21(26)24-20-10-4-3-5-11-20/h17-20H,2-16H2,1H3,(H,23,27)(H,24,26). The molecule has 1 aliphatic heterocycles. The van der Waals surface area contributed by atoms with Crippen molar-refractivity contribution in [3.05, 3.63) is 0 Å². The van der Waals surface area contributed by atoms with Crippen LogP contribution in [0.1, 0.15) is 84.0 Å². The van der Waals surface area contributed by atoms with Crippen molar-refractivity contribution in [2.24, 2.45) is 17.8 Å². The Kier molecular flexibility index (Phi) is 7.83. The maximum absolute atomic E-state index is 12.5. The van der Waals surface area contributed by atoms with Gasteiger partial charge in [0.15, 0.2) is 0 Å². The van der Waals surface area contributed by atoms with E-state index in [2.05, 4.69) is 17.6 Å². The molecule has 5 nitrogen and oxygen atoms in total. The predicted octanol–water partition coefficient (Wildman–Crippen LogP) is 4.07. The zero-order chi connectivity index (χ0) is 19.1. The van der Waals surface area contributed by atoms with E-state index in [0.29, 0.717) is 25.0 Å². The molecule has 3 aliphatic rings. The van der Waals surface area contributed by atoms with Crippen LogP contribution in [-0.4, -0.2) is 42.5 Å². The first-order chi connectivity index (χ1) is 13.2. The fraction of sp³-hybridized carbons (Fsp3) is 0.909. The van der Waals surface area contributed by atoms with Gasteiger partial charge in [0.2, 0.25) is 5.91 Å². The summed E-state index contributed by atoms with van der Waals surface area (Å²) in [6.45, 7) is 4.50. The molecule has 0 radical (unpaired) electrons. The Hall–Kier alpha value is -1.26.